The van der Waals surface area contributed by atoms with E-state index < -0.39 is 0 Å². The molecule has 0 spiro atoms. The number of imidazole rings is 1. The average molecular weight is 473 g/mol. The summed E-state index contributed by atoms with van der Waals surface area (Å²) in [5.41, 5.74) is 1.64. The van der Waals surface area contributed by atoms with Crippen molar-refractivity contribution in [3.63, 3.8) is 0 Å². The van der Waals surface area contributed by atoms with Crippen LogP contribution in [0.5, 0.6) is 0 Å². The Morgan fingerprint density at radius 3 is 2.79 bits per heavy atom. The van der Waals surface area contributed by atoms with Gasteiger partial charge in [-0.25, -0.2) is 14.4 Å². The molecule has 1 amide bonds. The van der Waals surface area contributed by atoms with Crippen LogP contribution in [0.25, 0.3) is 10.2 Å². The molecular weight excluding hydrogens is 455 g/mol. The second-order valence-electron chi connectivity index (χ2n) is 6.61. The molecule has 0 fully saturated rings. The Kier molecular flexibility index (Phi) is 6.01. The van der Waals surface area contributed by atoms with Crippen LogP contribution in [0.3, 0.4) is 0 Å². The van der Waals surface area contributed by atoms with E-state index in [0.29, 0.717) is 11.7 Å². The van der Waals surface area contributed by atoms with Crippen LogP contribution in [0, 0.1) is 5.82 Å². The van der Waals surface area contributed by atoms with Gasteiger partial charge in [-0.15, -0.1) is 0 Å². The van der Waals surface area contributed by atoms with Crippen molar-refractivity contribution in [2.75, 3.05) is 11.4 Å². The summed E-state index contributed by atoms with van der Waals surface area (Å²) in [7, 11) is 0. The number of thiazole rings is 1. The Labute approximate surface area is 180 Å². The average Bonchev–Trinajstić information content (AvgIpc) is 3.36. The van der Waals surface area contributed by atoms with Gasteiger partial charge in [0.05, 0.1) is 23.0 Å². The first-order chi connectivity index (χ1) is 14.1. The minimum Gasteiger partial charge on any atom is -0.337 e. The van der Waals surface area contributed by atoms with E-state index in [2.05, 4.69) is 25.9 Å². The lowest BCUT2D eigenvalue weighted by Gasteiger charge is -2.20. The molecular formula is C21H18BrFN4OS. The Balaban J connectivity index is 1.56. The van der Waals surface area contributed by atoms with Crippen LogP contribution in [0.2, 0.25) is 0 Å². The topological polar surface area (TPSA) is 51.0 Å². The number of nitrogens with zero attached hydrogens (tertiary/aromatic N) is 4. The van der Waals surface area contributed by atoms with Gasteiger partial charge in [0.2, 0.25) is 5.91 Å². The van der Waals surface area contributed by atoms with Gasteiger partial charge in [0.1, 0.15) is 5.82 Å². The zero-order valence-corrected chi connectivity index (χ0v) is 17.9. The standard InChI is InChI=1S/C21H18BrFN4OS/c22-16-4-7-18-19(13-16)29-21(25-18)27(10-1-9-26-11-8-24-14-26)20(28)12-15-2-5-17(23)6-3-15/h2-8,11,13-14H,1,9-10,12H2. The van der Waals surface area contributed by atoms with Crippen molar-refractivity contribution in [2.24, 2.45) is 0 Å². The number of aryl methyl sites for hydroxylation is 1. The largest absolute Gasteiger partial charge is 0.337 e. The molecule has 0 aliphatic carbocycles. The minimum absolute atomic E-state index is 0.0552. The van der Waals surface area contributed by atoms with E-state index >= 15 is 0 Å². The molecule has 2 heterocycles. The number of hydrogen-bond donors (Lipinski definition) is 0. The summed E-state index contributed by atoms with van der Waals surface area (Å²) in [4.78, 5) is 23.6. The molecule has 0 unspecified atom stereocenters. The van der Waals surface area contributed by atoms with Gasteiger partial charge in [0, 0.05) is 30.0 Å². The van der Waals surface area contributed by atoms with E-state index in [-0.39, 0.29) is 18.1 Å². The Bertz CT molecular complexity index is 1110. The predicted molar refractivity (Wildman–Crippen MR) is 117 cm³/mol. The van der Waals surface area contributed by atoms with E-state index in [9.17, 15) is 9.18 Å². The van der Waals surface area contributed by atoms with Crippen molar-refractivity contribution in [1.82, 2.24) is 14.5 Å². The van der Waals surface area contributed by atoms with Gasteiger partial charge in [-0.2, -0.15) is 0 Å². The molecule has 29 heavy (non-hydrogen) atoms. The summed E-state index contributed by atoms with van der Waals surface area (Å²) >= 11 is 4.97. The molecule has 2 aromatic carbocycles. The molecule has 0 saturated carbocycles. The second-order valence-corrected chi connectivity index (χ2v) is 8.54. The normalized spacial score (nSPS) is 11.1. The smallest absolute Gasteiger partial charge is 0.233 e. The maximum atomic E-state index is 13.2. The molecule has 5 nitrogen and oxygen atoms in total. The first-order valence-corrected chi connectivity index (χ1v) is 10.8. The molecule has 2 aromatic heterocycles. The van der Waals surface area contributed by atoms with Gasteiger partial charge in [-0.05, 0) is 42.3 Å². The SMILES string of the molecule is O=C(Cc1ccc(F)cc1)N(CCCn1ccnc1)c1nc2ccc(Br)cc2s1. The molecule has 0 N–H and O–H groups in total. The lowest BCUT2D eigenvalue weighted by Crippen LogP contribution is -2.33. The quantitative estimate of drug-likeness (QED) is 0.377. The summed E-state index contributed by atoms with van der Waals surface area (Å²) in [6.07, 6.45) is 6.37. The first-order valence-electron chi connectivity index (χ1n) is 9.15. The Hall–Kier alpha value is -2.58. The number of carbonyl (C=O) groups is 1. The van der Waals surface area contributed by atoms with E-state index in [1.54, 1.807) is 29.6 Å². The number of aromatic nitrogens is 3. The molecule has 4 rings (SSSR count). The third-order valence-corrected chi connectivity index (χ3v) is 6.03. The van der Waals surface area contributed by atoms with Crippen LogP contribution in [-0.4, -0.2) is 27.0 Å². The highest BCUT2D eigenvalue weighted by Gasteiger charge is 2.20. The fourth-order valence-corrected chi connectivity index (χ4v) is 4.59. The zero-order chi connectivity index (χ0) is 20.2. The fourth-order valence-electron chi connectivity index (χ4n) is 3.03. The molecule has 0 aliphatic heterocycles. The van der Waals surface area contributed by atoms with E-state index in [4.69, 9.17) is 0 Å². The maximum Gasteiger partial charge on any atom is 0.233 e. The summed E-state index contributed by atoms with van der Waals surface area (Å²) < 4.78 is 17.2. The highest BCUT2D eigenvalue weighted by atomic mass is 79.9. The second kappa shape index (κ2) is 8.84. The molecule has 8 heteroatoms. The number of fused-ring (bicyclic) bond motifs is 1. The number of benzene rings is 2. The monoisotopic (exact) mass is 472 g/mol. The minimum atomic E-state index is -0.310. The van der Waals surface area contributed by atoms with Crippen molar-refractivity contribution < 1.29 is 9.18 Å². The van der Waals surface area contributed by atoms with Crippen molar-refractivity contribution in [2.45, 2.75) is 19.4 Å². The van der Waals surface area contributed by atoms with Crippen molar-refractivity contribution in [1.29, 1.82) is 0 Å². The van der Waals surface area contributed by atoms with Gasteiger partial charge in [0.15, 0.2) is 5.13 Å². The number of rotatable bonds is 7. The van der Waals surface area contributed by atoms with Crippen LogP contribution in [0.4, 0.5) is 9.52 Å². The Morgan fingerprint density at radius 1 is 1.21 bits per heavy atom. The van der Waals surface area contributed by atoms with Crippen LogP contribution in [0.1, 0.15) is 12.0 Å². The third-order valence-electron chi connectivity index (χ3n) is 4.50. The molecule has 0 saturated heterocycles. The maximum absolute atomic E-state index is 13.2. The van der Waals surface area contributed by atoms with E-state index in [0.717, 1.165) is 33.2 Å². The molecule has 0 aliphatic rings. The first kappa shape index (κ1) is 19.7. The van der Waals surface area contributed by atoms with Crippen molar-refractivity contribution in [3.8, 4) is 0 Å². The zero-order valence-electron chi connectivity index (χ0n) is 15.5. The predicted octanol–water partition coefficient (Wildman–Crippen LogP) is 5.06. The summed E-state index contributed by atoms with van der Waals surface area (Å²) in [5.74, 6) is -0.365. The lowest BCUT2D eigenvalue weighted by molar-refractivity contribution is -0.118. The summed E-state index contributed by atoms with van der Waals surface area (Å²) in [6.45, 7) is 1.30. The highest BCUT2D eigenvalue weighted by molar-refractivity contribution is 9.10. The van der Waals surface area contributed by atoms with Gasteiger partial charge >= 0.3 is 0 Å². The molecule has 4 aromatic rings. The molecule has 0 bridgehead atoms. The fraction of sp³-hybridized carbons (Fsp3) is 0.190. The molecule has 0 atom stereocenters. The van der Waals surface area contributed by atoms with Crippen LogP contribution in [0.15, 0.2) is 65.7 Å². The Morgan fingerprint density at radius 2 is 2.03 bits per heavy atom. The number of anilines is 1. The number of hydrogen-bond acceptors (Lipinski definition) is 4. The van der Waals surface area contributed by atoms with Crippen LogP contribution in [-0.2, 0) is 17.8 Å². The lowest BCUT2D eigenvalue weighted by atomic mass is 10.1. The number of halogens is 2. The van der Waals surface area contributed by atoms with Crippen LogP contribution >= 0.6 is 27.3 Å². The van der Waals surface area contributed by atoms with Crippen LogP contribution < -0.4 is 4.90 Å². The van der Waals surface area contributed by atoms with Gasteiger partial charge in [0.25, 0.3) is 0 Å². The van der Waals surface area contributed by atoms with E-state index in [1.807, 2.05) is 29.0 Å². The summed E-state index contributed by atoms with van der Waals surface area (Å²) in [6, 6.07) is 11.9. The number of carbonyl (C=O) groups excluding carboxylic acids is 1. The summed E-state index contributed by atoms with van der Waals surface area (Å²) in [5, 5.41) is 0.677. The van der Waals surface area contributed by atoms with E-state index in [1.165, 1.54) is 23.5 Å². The van der Waals surface area contributed by atoms with Gasteiger partial charge in [-0.1, -0.05) is 39.4 Å². The van der Waals surface area contributed by atoms with Crippen molar-refractivity contribution in [3.05, 3.63) is 77.0 Å². The third kappa shape index (κ3) is 4.89. The van der Waals surface area contributed by atoms with Gasteiger partial charge in [-0.3, -0.25) is 9.69 Å². The highest BCUT2D eigenvalue weighted by Crippen LogP contribution is 2.31. The van der Waals surface area contributed by atoms with Crippen molar-refractivity contribution >= 4 is 48.5 Å². The van der Waals surface area contributed by atoms with Gasteiger partial charge < -0.3 is 4.57 Å². The molecule has 148 valence electrons. The molecule has 0 radical (unpaired) electrons. The number of amides is 1.